The third kappa shape index (κ3) is 2.18. The average molecular weight is 259 g/mol. The number of sulfonamides is 1. The highest BCUT2D eigenvalue weighted by Gasteiger charge is 2.43. The summed E-state index contributed by atoms with van der Waals surface area (Å²) in [6, 6.07) is 0. The lowest BCUT2D eigenvalue weighted by Gasteiger charge is -2.11. The molecule has 0 unspecified atom stereocenters. The molecule has 0 aromatic carbocycles. The SMILES string of the molecule is Cc1[nH]nc(C(=O)O)c1S(=O)(=O)NC1(C)CC1. The van der Waals surface area contributed by atoms with Crippen molar-refractivity contribution in [2.24, 2.45) is 0 Å². The zero-order valence-corrected chi connectivity index (χ0v) is 10.3. The number of carboxylic acids is 1. The van der Waals surface area contributed by atoms with Crippen molar-refractivity contribution >= 4 is 16.0 Å². The molecule has 0 bridgehead atoms. The first-order valence-electron chi connectivity index (χ1n) is 5.07. The van der Waals surface area contributed by atoms with Gasteiger partial charge in [0.1, 0.15) is 4.90 Å². The van der Waals surface area contributed by atoms with Crippen LogP contribution in [-0.2, 0) is 10.0 Å². The fourth-order valence-electron chi connectivity index (χ4n) is 1.56. The molecule has 0 atom stereocenters. The first kappa shape index (κ1) is 12.1. The number of nitrogens with zero attached hydrogens (tertiary/aromatic N) is 1. The minimum absolute atomic E-state index is 0.221. The number of aryl methyl sites for hydroxylation is 1. The quantitative estimate of drug-likeness (QED) is 0.717. The molecule has 17 heavy (non-hydrogen) atoms. The molecular formula is C9H13N3O4S. The third-order valence-electron chi connectivity index (χ3n) is 2.74. The number of aromatic amines is 1. The average Bonchev–Trinajstić information content (AvgIpc) is 2.75. The number of rotatable bonds is 4. The van der Waals surface area contributed by atoms with Crippen molar-refractivity contribution in [3.8, 4) is 0 Å². The van der Waals surface area contributed by atoms with Gasteiger partial charge >= 0.3 is 5.97 Å². The molecule has 1 fully saturated rings. The molecule has 1 heterocycles. The molecule has 1 aliphatic rings. The summed E-state index contributed by atoms with van der Waals surface area (Å²) < 4.78 is 26.6. The second kappa shape index (κ2) is 3.54. The van der Waals surface area contributed by atoms with Crippen LogP contribution in [0.15, 0.2) is 4.90 Å². The molecule has 1 aliphatic carbocycles. The Morgan fingerprint density at radius 1 is 1.53 bits per heavy atom. The monoisotopic (exact) mass is 259 g/mol. The maximum absolute atomic E-state index is 12.1. The molecule has 1 aromatic rings. The Hall–Kier alpha value is -1.41. The summed E-state index contributed by atoms with van der Waals surface area (Å²) in [4.78, 5) is 10.6. The van der Waals surface area contributed by atoms with E-state index < -0.39 is 27.2 Å². The summed E-state index contributed by atoms with van der Waals surface area (Å²) in [5, 5.41) is 14.8. The van der Waals surface area contributed by atoms with E-state index in [0.29, 0.717) is 0 Å². The van der Waals surface area contributed by atoms with Gasteiger partial charge in [-0.2, -0.15) is 5.10 Å². The molecular weight excluding hydrogens is 246 g/mol. The standard InChI is InChI=1S/C9H13N3O4S/c1-5-7(6(8(13)14)11-10-5)17(15,16)12-9(2)3-4-9/h12H,3-4H2,1-2H3,(H,10,11)(H,13,14). The van der Waals surface area contributed by atoms with Crippen molar-refractivity contribution in [3.63, 3.8) is 0 Å². The molecule has 0 amide bonds. The zero-order valence-electron chi connectivity index (χ0n) is 9.44. The van der Waals surface area contributed by atoms with Gasteiger partial charge in [-0.05, 0) is 26.7 Å². The van der Waals surface area contributed by atoms with E-state index in [4.69, 9.17) is 5.11 Å². The fraction of sp³-hybridized carbons (Fsp3) is 0.556. The fourth-order valence-corrected chi connectivity index (χ4v) is 3.35. The van der Waals surface area contributed by atoms with Crippen LogP contribution in [0.3, 0.4) is 0 Å². The molecule has 94 valence electrons. The van der Waals surface area contributed by atoms with E-state index in [1.54, 1.807) is 6.92 Å². The van der Waals surface area contributed by atoms with Crippen LogP contribution in [0.25, 0.3) is 0 Å². The number of hydrogen-bond donors (Lipinski definition) is 3. The number of aromatic carboxylic acids is 1. The van der Waals surface area contributed by atoms with Crippen LogP contribution in [0, 0.1) is 6.92 Å². The van der Waals surface area contributed by atoms with Gasteiger partial charge in [0.25, 0.3) is 0 Å². The highest BCUT2D eigenvalue weighted by Crippen LogP contribution is 2.36. The molecule has 1 aromatic heterocycles. The van der Waals surface area contributed by atoms with Crippen molar-refractivity contribution in [2.75, 3.05) is 0 Å². The maximum Gasteiger partial charge on any atom is 0.357 e. The summed E-state index contributed by atoms with van der Waals surface area (Å²) in [6.45, 7) is 3.25. The van der Waals surface area contributed by atoms with Gasteiger partial charge < -0.3 is 5.11 Å². The van der Waals surface area contributed by atoms with E-state index in [1.165, 1.54) is 6.92 Å². The van der Waals surface area contributed by atoms with Crippen LogP contribution in [0.4, 0.5) is 0 Å². The third-order valence-corrected chi connectivity index (χ3v) is 4.54. The molecule has 0 radical (unpaired) electrons. The molecule has 2 rings (SSSR count). The Balaban J connectivity index is 2.45. The predicted molar refractivity (Wildman–Crippen MR) is 58.2 cm³/mol. The van der Waals surface area contributed by atoms with Crippen LogP contribution in [0.2, 0.25) is 0 Å². The van der Waals surface area contributed by atoms with E-state index >= 15 is 0 Å². The Labute approximate surface area is 98.3 Å². The Kier molecular flexibility index (Phi) is 2.51. The lowest BCUT2D eigenvalue weighted by atomic mass is 10.4. The Morgan fingerprint density at radius 2 is 2.12 bits per heavy atom. The normalized spacial score (nSPS) is 18.0. The van der Waals surface area contributed by atoms with Gasteiger partial charge in [-0.15, -0.1) is 0 Å². The molecule has 1 saturated carbocycles. The lowest BCUT2D eigenvalue weighted by molar-refractivity contribution is 0.0686. The largest absolute Gasteiger partial charge is 0.476 e. The Bertz CT molecular complexity index is 571. The van der Waals surface area contributed by atoms with Crippen molar-refractivity contribution < 1.29 is 18.3 Å². The predicted octanol–water partition coefficient (Wildman–Crippen LogP) is 0.247. The molecule has 0 aliphatic heterocycles. The summed E-state index contributed by atoms with van der Waals surface area (Å²) >= 11 is 0. The van der Waals surface area contributed by atoms with Gasteiger partial charge in [0.2, 0.25) is 10.0 Å². The first-order chi connectivity index (χ1) is 7.75. The van der Waals surface area contributed by atoms with Crippen LogP contribution < -0.4 is 4.72 Å². The van der Waals surface area contributed by atoms with Gasteiger partial charge in [0.15, 0.2) is 5.69 Å². The van der Waals surface area contributed by atoms with E-state index in [9.17, 15) is 13.2 Å². The Morgan fingerprint density at radius 3 is 2.59 bits per heavy atom. The van der Waals surface area contributed by atoms with Crippen molar-refractivity contribution in [3.05, 3.63) is 11.4 Å². The minimum Gasteiger partial charge on any atom is -0.476 e. The van der Waals surface area contributed by atoms with Crippen LogP contribution in [-0.4, -0.2) is 35.2 Å². The highest BCUT2D eigenvalue weighted by atomic mass is 32.2. The maximum atomic E-state index is 12.1. The van der Waals surface area contributed by atoms with Crippen LogP contribution in [0.1, 0.15) is 35.9 Å². The smallest absolute Gasteiger partial charge is 0.357 e. The second-order valence-electron chi connectivity index (χ2n) is 4.50. The number of hydrogen-bond acceptors (Lipinski definition) is 4. The highest BCUT2D eigenvalue weighted by molar-refractivity contribution is 7.89. The van der Waals surface area contributed by atoms with Crippen LogP contribution >= 0.6 is 0 Å². The van der Waals surface area contributed by atoms with E-state index in [-0.39, 0.29) is 10.6 Å². The van der Waals surface area contributed by atoms with Gasteiger partial charge in [0.05, 0.1) is 5.69 Å². The molecule has 0 spiro atoms. The number of H-pyrrole nitrogens is 1. The van der Waals surface area contributed by atoms with Crippen molar-refractivity contribution in [1.29, 1.82) is 0 Å². The summed E-state index contributed by atoms with van der Waals surface area (Å²) in [5.74, 6) is -1.37. The minimum atomic E-state index is -3.84. The van der Waals surface area contributed by atoms with E-state index in [0.717, 1.165) is 12.8 Å². The lowest BCUT2D eigenvalue weighted by Crippen LogP contribution is -2.35. The summed E-state index contributed by atoms with van der Waals surface area (Å²) in [5.41, 5.74) is -0.698. The molecule has 0 saturated heterocycles. The second-order valence-corrected chi connectivity index (χ2v) is 6.12. The topological polar surface area (TPSA) is 112 Å². The van der Waals surface area contributed by atoms with Gasteiger partial charge in [-0.25, -0.2) is 17.9 Å². The molecule has 3 N–H and O–H groups in total. The number of carboxylic acid groups (broad SMARTS) is 1. The van der Waals surface area contributed by atoms with Gasteiger partial charge in [-0.1, -0.05) is 0 Å². The molecule has 8 heteroatoms. The van der Waals surface area contributed by atoms with Crippen LogP contribution in [0.5, 0.6) is 0 Å². The van der Waals surface area contributed by atoms with E-state index in [1.807, 2.05) is 0 Å². The summed E-state index contributed by atoms with van der Waals surface area (Å²) in [7, 11) is -3.84. The van der Waals surface area contributed by atoms with Gasteiger partial charge in [0, 0.05) is 5.54 Å². The number of aromatic nitrogens is 2. The number of nitrogens with one attached hydrogen (secondary N) is 2. The summed E-state index contributed by atoms with van der Waals surface area (Å²) in [6.07, 6.45) is 1.51. The first-order valence-corrected chi connectivity index (χ1v) is 6.56. The van der Waals surface area contributed by atoms with Gasteiger partial charge in [-0.3, -0.25) is 5.10 Å². The van der Waals surface area contributed by atoms with Crippen molar-refractivity contribution in [2.45, 2.75) is 37.1 Å². The number of carbonyl (C=O) groups is 1. The zero-order chi connectivity index (χ0) is 12.8. The molecule has 7 nitrogen and oxygen atoms in total. The van der Waals surface area contributed by atoms with E-state index in [2.05, 4.69) is 14.9 Å². The van der Waals surface area contributed by atoms with Crippen molar-refractivity contribution in [1.82, 2.24) is 14.9 Å².